The highest BCUT2D eigenvalue weighted by Gasteiger charge is 2.53. The molecular formula is C21H25NO3. The van der Waals surface area contributed by atoms with Gasteiger partial charge in [0, 0.05) is 24.4 Å². The number of benzene rings is 1. The highest BCUT2D eigenvalue weighted by Crippen LogP contribution is 2.52. The van der Waals surface area contributed by atoms with Gasteiger partial charge in [-0.1, -0.05) is 18.2 Å². The zero-order valence-electron chi connectivity index (χ0n) is 14.8. The van der Waals surface area contributed by atoms with E-state index < -0.39 is 0 Å². The summed E-state index contributed by atoms with van der Waals surface area (Å²) in [5.74, 6) is 0.875. The van der Waals surface area contributed by atoms with Gasteiger partial charge in [0.25, 0.3) is 0 Å². The van der Waals surface area contributed by atoms with E-state index in [0.717, 1.165) is 25.7 Å². The maximum absolute atomic E-state index is 12.7. The first-order valence-corrected chi connectivity index (χ1v) is 9.57. The second-order valence-electron chi connectivity index (χ2n) is 8.74. The lowest BCUT2D eigenvalue weighted by atomic mass is 9.61. The topological polar surface area (TPSA) is 46.6 Å². The molecule has 5 rings (SSSR count). The molecule has 0 radical (unpaired) electrons. The number of carbonyl (C=O) groups excluding carboxylic acids is 2. The Morgan fingerprint density at radius 1 is 1.20 bits per heavy atom. The van der Waals surface area contributed by atoms with Crippen LogP contribution < -0.4 is 0 Å². The Morgan fingerprint density at radius 3 is 2.56 bits per heavy atom. The van der Waals surface area contributed by atoms with E-state index in [1.165, 1.54) is 29.5 Å². The maximum Gasteiger partial charge on any atom is 0.306 e. The van der Waals surface area contributed by atoms with Crippen molar-refractivity contribution in [2.24, 2.45) is 11.3 Å². The fourth-order valence-corrected chi connectivity index (χ4v) is 5.18. The molecule has 2 saturated carbocycles. The maximum atomic E-state index is 12.7. The summed E-state index contributed by atoms with van der Waals surface area (Å²) in [6, 6.07) is 7.33. The number of aryl methyl sites for hydroxylation is 2. The van der Waals surface area contributed by atoms with Crippen LogP contribution in [0.1, 0.15) is 54.7 Å². The van der Waals surface area contributed by atoms with Gasteiger partial charge in [-0.3, -0.25) is 9.59 Å². The molecule has 3 aliphatic carbocycles. The minimum absolute atomic E-state index is 0.0215. The molecule has 3 fully saturated rings. The van der Waals surface area contributed by atoms with Crippen molar-refractivity contribution in [3.05, 3.63) is 34.9 Å². The van der Waals surface area contributed by atoms with Gasteiger partial charge in [0.05, 0.1) is 13.0 Å². The van der Waals surface area contributed by atoms with E-state index in [0.29, 0.717) is 25.0 Å². The Balaban J connectivity index is 1.15. The molecule has 25 heavy (non-hydrogen) atoms. The first-order chi connectivity index (χ1) is 12.0. The standard InChI is InChI=1S/C21H25NO3/c1-22(20(24)17-9-21(10-17)11-19(23)25-12-21)18-7-16(8-18)15-5-3-13-2-4-14(13)6-15/h3,5-6,16-18H,2,4,7-12H2,1H3. The van der Waals surface area contributed by atoms with E-state index >= 15 is 0 Å². The van der Waals surface area contributed by atoms with E-state index in [1.54, 1.807) is 0 Å². The molecule has 0 unspecified atom stereocenters. The average Bonchev–Trinajstić information content (AvgIpc) is 2.88. The highest BCUT2D eigenvalue weighted by molar-refractivity contribution is 5.81. The summed E-state index contributed by atoms with van der Waals surface area (Å²) in [5.41, 5.74) is 4.48. The molecule has 0 bridgehead atoms. The number of cyclic esters (lactones) is 1. The van der Waals surface area contributed by atoms with Crippen molar-refractivity contribution in [1.82, 2.24) is 4.90 Å². The van der Waals surface area contributed by atoms with Gasteiger partial charge in [-0.15, -0.1) is 0 Å². The summed E-state index contributed by atoms with van der Waals surface area (Å²) in [6.07, 6.45) is 6.78. The summed E-state index contributed by atoms with van der Waals surface area (Å²) in [6.45, 7) is 0.517. The number of rotatable bonds is 3. The monoisotopic (exact) mass is 339 g/mol. The Bertz CT molecular complexity index is 744. The van der Waals surface area contributed by atoms with Gasteiger partial charge in [0.2, 0.25) is 5.91 Å². The molecule has 1 saturated heterocycles. The van der Waals surface area contributed by atoms with Crippen molar-refractivity contribution in [2.75, 3.05) is 13.7 Å². The zero-order chi connectivity index (χ0) is 17.2. The summed E-state index contributed by atoms with van der Waals surface area (Å²) >= 11 is 0. The molecule has 1 amide bonds. The highest BCUT2D eigenvalue weighted by atomic mass is 16.5. The van der Waals surface area contributed by atoms with Crippen LogP contribution in [0.4, 0.5) is 0 Å². The molecule has 1 heterocycles. The number of amides is 1. The molecule has 4 heteroatoms. The zero-order valence-corrected chi connectivity index (χ0v) is 14.8. The minimum atomic E-state index is -0.0976. The fraction of sp³-hybridized carbons (Fsp3) is 0.619. The third-order valence-electron chi connectivity index (χ3n) is 7.14. The molecule has 1 spiro atoms. The van der Waals surface area contributed by atoms with Crippen molar-refractivity contribution in [2.45, 2.75) is 56.9 Å². The summed E-state index contributed by atoms with van der Waals surface area (Å²) in [5, 5.41) is 0. The largest absolute Gasteiger partial charge is 0.465 e. The molecule has 4 nitrogen and oxygen atoms in total. The van der Waals surface area contributed by atoms with Gasteiger partial charge in [0.1, 0.15) is 0 Å². The lowest BCUT2D eigenvalue weighted by molar-refractivity contribution is -0.146. The molecule has 1 aliphatic heterocycles. The van der Waals surface area contributed by atoms with Crippen molar-refractivity contribution >= 4 is 11.9 Å². The molecule has 0 aromatic heterocycles. The second kappa shape index (κ2) is 5.33. The molecule has 1 aromatic rings. The Labute approximate surface area is 148 Å². The lowest BCUT2D eigenvalue weighted by Crippen LogP contribution is -2.51. The van der Waals surface area contributed by atoms with Crippen LogP contribution in [0, 0.1) is 11.3 Å². The van der Waals surface area contributed by atoms with Crippen LogP contribution in [-0.2, 0) is 27.2 Å². The van der Waals surface area contributed by atoms with Crippen LogP contribution in [0.5, 0.6) is 0 Å². The number of esters is 1. The number of ether oxygens (including phenoxy) is 1. The summed E-state index contributed by atoms with van der Waals surface area (Å²) in [4.78, 5) is 26.0. The van der Waals surface area contributed by atoms with Gasteiger partial charge < -0.3 is 9.64 Å². The molecule has 1 aromatic carbocycles. The van der Waals surface area contributed by atoms with Crippen molar-refractivity contribution in [1.29, 1.82) is 0 Å². The van der Waals surface area contributed by atoms with Crippen LogP contribution in [0.15, 0.2) is 18.2 Å². The summed E-state index contributed by atoms with van der Waals surface area (Å²) < 4.78 is 5.10. The van der Waals surface area contributed by atoms with Crippen LogP contribution in [0.3, 0.4) is 0 Å². The predicted octanol–water partition coefficient (Wildman–Crippen LogP) is 2.83. The second-order valence-corrected chi connectivity index (χ2v) is 8.74. The first kappa shape index (κ1) is 15.4. The average molecular weight is 339 g/mol. The quantitative estimate of drug-likeness (QED) is 0.796. The SMILES string of the molecule is CN(C(=O)C1CC2(COC(=O)C2)C1)C1CC(c2ccc3c(c2)CC3)C1. The Hall–Kier alpha value is -1.84. The molecule has 0 N–H and O–H groups in total. The predicted molar refractivity (Wildman–Crippen MR) is 93.1 cm³/mol. The van der Waals surface area contributed by atoms with E-state index in [9.17, 15) is 9.59 Å². The molecule has 4 aliphatic rings. The number of hydrogen-bond donors (Lipinski definition) is 0. The smallest absolute Gasteiger partial charge is 0.306 e. The number of fused-ring (bicyclic) bond motifs is 1. The van der Waals surface area contributed by atoms with E-state index in [1.807, 2.05) is 11.9 Å². The van der Waals surface area contributed by atoms with E-state index in [4.69, 9.17) is 4.74 Å². The molecule has 132 valence electrons. The van der Waals surface area contributed by atoms with Gasteiger partial charge >= 0.3 is 5.97 Å². The van der Waals surface area contributed by atoms with E-state index in [2.05, 4.69) is 18.2 Å². The van der Waals surface area contributed by atoms with Crippen LogP contribution >= 0.6 is 0 Å². The number of nitrogens with zero attached hydrogens (tertiary/aromatic N) is 1. The van der Waals surface area contributed by atoms with Gasteiger partial charge in [-0.25, -0.2) is 0 Å². The Kier molecular flexibility index (Phi) is 3.28. The van der Waals surface area contributed by atoms with Gasteiger partial charge in [-0.2, -0.15) is 0 Å². The van der Waals surface area contributed by atoms with Crippen molar-refractivity contribution in [3.63, 3.8) is 0 Å². The van der Waals surface area contributed by atoms with Gasteiger partial charge in [-0.05, 0) is 61.1 Å². The van der Waals surface area contributed by atoms with Crippen molar-refractivity contribution < 1.29 is 14.3 Å². The van der Waals surface area contributed by atoms with Crippen LogP contribution in [-0.4, -0.2) is 36.5 Å². The normalized spacial score (nSPS) is 35.2. The Morgan fingerprint density at radius 2 is 1.96 bits per heavy atom. The lowest BCUT2D eigenvalue weighted by Gasteiger charge is -2.47. The molecular weight excluding hydrogens is 314 g/mol. The minimum Gasteiger partial charge on any atom is -0.465 e. The number of hydrogen-bond acceptors (Lipinski definition) is 3. The third-order valence-corrected chi connectivity index (χ3v) is 7.14. The van der Waals surface area contributed by atoms with Crippen LogP contribution in [0.2, 0.25) is 0 Å². The summed E-state index contributed by atoms with van der Waals surface area (Å²) in [7, 11) is 1.96. The first-order valence-electron chi connectivity index (χ1n) is 9.57. The van der Waals surface area contributed by atoms with E-state index in [-0.39, 0.29) is 23.2 Å². The fourth-order valence-electron chi connectivity index (χ4n) is 5.18. The van der Waals surface area contributed by atoms with Gasteiger partial charge in [0.15, 0.2) is 0 Å². The van der Waals surface area contributed by atoms with Crippen LogP contribution in [0.25, 0.3) is 0 Å². The van der Waals surface area contributed by atoms with Crippen molar-refractivity contribution in [3.8, 4) is 0 Å². The molecule has 0 atom stereocenters. The number of carbonyl (C=O) groups is 2. The third kappa shape index (κ3) is 2.41.